The molecule has 8 aromatic carbocycles. The van der Waals surface area contributed by atoms with Crippen LogP contribution >= 0.6 is 0 Å². The Morgan fingerprint density at radius 2 is 1.19 bits per heavy atom. The third-order valence-electron chi connectivity index (χ3n) is 14.7. The molecule has 0 unspecified atom stereocenters. The van der Waals surface area contributed by atoms with E-state index in [1.807, 2.05) is 45.2 Å². The van der Waals surface area contributed by atoms with Crippen LogP contribution in [0.5, 0.6) is 11.5 Å². The van der Waals surface area contributed by atoms with Gasteiger partial charge in [0.1, 0.15) is 11.5 Å². The topological polar surface area (TPSA) is 27.1 Å². The van der Waals surface area contributed by atoms with Crippen molar-refractivity contribution in [1.82, 2.24) is 18.5 Å². The molecule has 0 aliphatic carbocycles. The number of hydrogen-bond donors (Lipinski definition) is 0. The molecular weight excluding hydrogens is 1080 g/mol. The number of quaternary nitrogens is 2. The van der Waals surface area contributed by atoms with E-state index in [-0.39, 0.29) is 31.9 Å². The third kappa shape index (κ3) is 8.44. The van der Waals surface area contributed by atoms with Gasteiger partial charge in [-0.05, 0) is 86.2 Å². The number of pyridine rings is 1. The summed E-state index contributed by atoms with van der Waals surface area (Å²) in [6.45, 7) is 22.4. The number of benzene rings is 8. The van der Waals surface area contributed by atoms with Crippen molar-refractivity contribution in [2.75, 3.05) is 6.67 Å². The van der Waals surface area contributed by atoms with Gasteiger partial charge in [0.15, 0.2) is 18.0 Å². The van der Waals surface area contributed by atoms with Crippen LogP contribution in [0.25, 0.3) is 61.0 Å². The van der Waals surface area contributed by atoms with Crippen LogP contribution in [0.15, 0.2) is 188 Å². The van der Waals surface area contributed by atoms with E-state index in [4.69, 9.17) is 9.72 Å². The SMILES string of the molecule is [2H]C([2H])(c1cccc2c1[N@@+]1(c3c(-c4ccccc4)cccc3-c3ccccc3)[CH-][N@+]2(c2[c-]c(Oc3[c-]c4c(cc3)c3cc(-c5ccccc5)ccc3n4-c3cc(C(C)(C)C)ccn3)cc(C(C)(C)C)c2)C1)C(C)(C)C.[Pt]. The summed E-state index contributed by atoms with van der Waals surface area (Å²) in [5.74, 6) is 1.98. The second kappa shape index (κ2) is 18.2. The number of ether oxygens (including phenoxy) is 1. The zero-order chi connectivity index (χ0) is 52.3. The molecule has 3 aliphatic rings. The molecule has 0 saturated carbocycles. The Balaban J connectivity index is 0.00000616. The van der Waals surface area contributed by atoms with E-state index >= 15 is 0 Å². The maximum Gasteiger partial charge on any atom is 0.184 e. The minimum absolute atomic E-state index is 0. The van der Waals surface area contributed by atoms with Crippen LogP contribution in [0.1, 0.15) is 81.7 Å². The van der Waals surface area contributed by atoms with Crippen LogP contribution in [0, 0.1) is 24.2 Å². The van der Waals surface area contributed by atoms with Crippen molar-refractivity contribution in [2.24, 2.45) is 5.41 Å². The van der Waals surface area contributed by atoms with Crippen molar-refractivity contribution in [3.05, 3.63) is 224 Å². The van der Waals surface area contributed by atoms with Crippen molar-refractivity contribution >= 4 is 44.6 Å². The van der Waals surface area contributed by atoms with Gasteiger partial charge in [0.2, 0.25) is 0 Å². The summed E-state index contributed by atoms with van der Waals surface area (Å²) in [4.78, 5) is 4.99. The second-order valence-electron chi connectivity index (χ2n) is 23.1. The van der Waals surface area contributed by atoms with Gasteiger partial charge in [0.05, 0.1) is 6.67 Å². The maximum atomic E-state index is 9.97. The largest absolute Gasteiger partial charge is 0.509 e. The average molecular weight is 1150 g/mol. The molecular formula is C68H63N4OPt-. The number of rotatable bonds is 9. The van der Waals surface area contributed by atoms with Crippen molar-refractivity contribution < 1.29 is 28.5 Å². The minimum atomic E-state index is -1.69. The molecule has 0 amide bonds. The summed E-state index contributed by atoms with van der Waals surface area (Å²) in [6.07, 6.45) is 0.219. The number of hydrogen-bond acceptors (Lipinski definition) is 2. The molecule has 1 saturated heterocycles. The van der Waals surface area contributed by atoms with Gasteiger partial charge in [0, 0.05) is 75.5 Å². The Hall–Kier alpha value is -6.88. The Kier molecular flexibility index (Phi) is 11.5. The Bertz CT molecular complexity index is 3780. The Labute approximate surface area is 455 Å². The smallest absolute Gasteiger partial charge is 0.184 e. The molecule has 13 rings (SSSR count). The van der Waals surface area contributed by atoms with Crippen LogP contribution in [0.3, 0.4) is 0 Å². The first-order chi connectivity index (χ1) is 35.8. The Morgan fingerprint density at radius 3 is 1.81 bits per heavy atom. The van der Waals surface area contributed by atoms with Crippen LogP contribution in [0.2, 0.25) is 0 Å². The van der Waals surface area contributed by atoms with Crippen LogP contribution in [-0.4, -0.2) is 16.2 Å². The fourth-order valence-corrected chi connectivity index (χ4v) is 11.3. The van der Waals surface area contributed by atoms with E-state index in [0.29, 0.717) is 32.7 Å². The van der Waals surface area contributed by atoms with Gasteiger partial charge in [-0.25, -0.2) is 4.98 Å². The molecule has 2 atom stereocenters. The van der Waals surface area contributed by atoms with Crippen molar-refractivity contribution in [3.63, 3.8) is 0 Å². The Morgan fingerprint density at radius 1 is 0.568 bits per heavy atom. The molecule has 0 N–H and O–H groups in total. The molecule has 10 aromatic rings. The van der Waals surface area contributed by atoms with Gasteiger partial charge < -0.3 is 13.8 Å². The maximum absolute atomic E-state index is 9.97. The zero-order valence-corrected chi connectivity index (χ0v) is 46.0. The molecule has 5 nitrogen and oxygen atoms in total. The van der Waals surface area contributed by atoms with Crippen molar-refractivity contribution in [1.29, 1.82) is 0 Å². The number of fused-ring (bicyclic) bond motifs is 3. The van der Waals surface area contributed by atoms with Gasteiger partial charge in [-0.2, -0.15) is 6.07 Å². The van der Waals surface area contributed by atoms with Crippen LogP contribution < -0.4 is 13.7 Å². The first-order valence-electron chi connectivity index (χ1n) is 26.6. The van der Waals surface area contributed by atoms with E-state index < -0.39 is 11.8 Å². The summed E-state index contributed by atoms with van der Waals surface area (Å²) in [6, 6.07) is 71.9. The molecule has 5 heterocycles. The van der Waals surface area contributed by atoms with E-state index in [9.17, 15) is 2.74 Å². The number of aromatic nitrogens is 2. The zero-order valence-electron chi connectivity index (χ0n) is 45.7. The predicted molar refractivity (Wildman–Crippen MR) is 305 cm³/mol. The average Bonchev–Trinajstić information content (AvgIpc) is 3.51. The van der Waals surface area contributed by atoms with E-state index in [0.717, 1.165) is 89.3 Å². The normalized spacial score (nSPS) is 17.8. The second-order valence-corrected chi connectivity index (χ2v) is 23.1. The van der Waals surface area contributed by atoms with Gasteiger partial charge in [0.25, 0.3) is 0 Å². The summed E-state index contributed by atoms with van der Waals surface area (Å²) in [5, 5.41) is 2.16. The van der Waals surface area contributed by atoms with Gasteiger partial charge in [-0.15, -0.1) is 35.2 Å². The summed E-state index contributed by atoms with van der Waals surface area (Å²) >= 11 is 0. The number of para-hydroxylation sites is 2. The van der Waals surface area contributed by atoms with E-state index in [2.05, 4.69) is 229 Å². The number of nitrogens with zero attached hydrogens (tertiary/aromatic N) is 4. The van der Waals surface area contributed by atoms with Crippen molar-refractivity contribution in [2.45, 2.75) is 79.5 Å². The van der Waals surface area contributed by atoms with E-state index in [1.165, 1.54) is 5.56 Å². The summed E-state index contributed by atoms with van der Waals surface area (Å²) in [7, 11) is 0. The molecule has 0 radical (unpaired) electrons. The molecule has 2 aromatic heterocycles. The molecule has 2 bridgehead atoms. The molecule has 372 valence electrons. The molecule has 3 aliphatic heterocycles. The van der Waals surface area contributed by atoms with Crippen LogP contribution in [-0.2, 0) is 38.3 Å². The standard InChI is InChI=1S/C68H63N4O.Pt/c1-66(2,3)43-50-27-19-30-62-64(50)72(65-56(47-23-15-11-16-24-47)28-20-29-57(65)48-25-17-12-18-26-48)44-71(62,45-72)53-38-52(68(7,8)9)39-55(41-53)73-54-32-33-58-59-37-49(46-21-13-10-14-22-46)31-34-60(59)70(61(58)42-54)63-40-51(35-36-69-63)67(4,5)6;/h10-40,44H,43,45H2,1-9H3;/q-1;/t71-,72-;/m1./s1/i43D2;. The quantitative estimate of drug-likeness (QED) is 0.106. The van der Waals surface area contributed by atoms with E-state index in [1.54, 1.807) is 0 Å². The monoisotopic (exact) mass is 1150 g/mol. The summed E-state index contributed by atoms with van der Waals surface area (Å²) < 4.78 is 30.0. The van der Waals surface area contributed by atoms with Gasteiger partial charge in [-0.3, -0.25) is 4.48 Å². The molecule has 6 heteroatoms. The first kappa shape index (κ1) is 46.9. The summed E-state index contributed by atoms with van der Waals surface area (Å²) in [5.41, 5.74) is 14.7. The van der Waals surface area contributed by atoms with Gasteiger partial charge >= 0.3 is 0 Å². The first-order valence-corrected chi connectivity index (χ1v) is 25.6. The predicted octanol–water partition coefficient (Wildman–Crippen LogP) is 18.1. The van der Waals surface area contributed by atoms with Crippen molar-refractivity contribution in [3.8, 4) is 50.7 Å². The fourth-order valence-electron chi connectivity index (χ4n) is 11.3. The molecule has 1 fully saturated rings. The third-order valence-corrected chi connectivity index (χ3v) is 14.7. The van der Waals surface area contributed by atoms with Crippen LogP contribution in [0.4, 0.5) is 22.7 Å². The molecule has 0 spiro atoms. The minimum Gasteiger partial charge on any atom is -0.509 e. The van der Waals surface area contributed by atoms with Gasteiger partial charge in [-0.1, -0.05) is 195 Å². The fraction of sp³-hybridized carbons (Fsp3) is 0.206. The molecule has 74 heavy (non-hydrogen) atoms.